The van der Waals surface area contributed by atoms with Gasteiger partial charge in [-0.2, -0.15) is 0 Å². The van der Waals surface area contributed by atoms with Crippen LogP contribution in [0.1, 0.15) is 5.56 Å². The van der Waals surface area contributed by atoms with E-state index in [1.54, 1.807) is 25.3 Å². The van der Waals surface area contributed by atoms with Crippen LogP contribution in [-0.2, 0) is 0 Å². The van der Waals surface area contributed by atoms with E-state index in [4.69, 9.17) is 9.47 Å². The summed E-state index contributed by atoms with van der Waals surface area (Å²) in [4.78, 5) is 4.21. The molecule has 0 saturated carbocycles. The minimum absolute atomic E-state index is 0.413. The Hall–Kier alpha value is -2.89. The predicted molar refractivity (Wildman–Crippen MR) is 78.2 cm³/mol. The van der Waals surface area contributed by atoms with Gasteiger partial charge in [-0.3, -0.25) is 4.99 Å². The molecular weight excluding hydrogens is 274 g/mol. The Morgan fingerprint density at radius 3 is 2.10 bits per heavy atom. The van der Waals surface area contributed by atoms with Crippen molar-refractivity contribution in [2.24, 2.45) is 4.99 Å². The molecule has 0 atom stereocenters. The molecule has 0 aliphatic rings. The Morgan fingerprint density at radius 1 is 0.905 bits per heavy atom. The van der Waals surface area contributed by atoms with Crippen LogP contribution in [0.2, 0.25) is 0 Å². The lowest BCUT2D eigenvalue weighted by Gasteiger charge is -2.07. The first-order chi connectivity index (χ1) is 10.0. The molecule has 6 heteroatoms. The van der Waals surface area contributed by atoms with Crippen LogP contribution in [0, 0.1) is 0 Å². The molecule has 0 aromatic heterocycles. The lowest BCUT2D eigenvalue weighted by Crippen LogP contribution is -1.89. The van der Waals surface area contributed by atoms with Gasteiger partial charge in [0.25, 0.3) is 0 Å². The van der Waals surface area contributed by atoms with Gasteiger partial charge in [-0.15, -0.1) is 0 Å². The minimum atomic E-state index is -0.557. The zero-order valence-corrected chi connectivity index (χ0v) is 11.6. The van der Waals surface area contributed by atoms with Crippen LogP contribution < -0.4 is 9.47 Å². The normalized spacial score (nSPS) is 10.8. The fraction of sp³-hybridized carbons (Fsp3) is 0.133. The number of hydrogen-bond acceptors (Lipinski definition) is 6. The van der Waals surface area contributed by atoms with Crippen LogP contribution in [-0.4, -0.2) is 35.8 Å². The fourth-order valence-corrected chi connectivity index (χ4v) is 1.75. The molecule has 0 aliphatic carbocycles. The molecule has 0 bridgehead atoms. The summed E-state index contributed by atoms with van der Waals surface area (Å²) in [5.74, 6) is -0.245. The number of hydrogen-bond donors (Lipinski definition) is 3. The first-order valence-corrected chi connectivity index (χ1v) is 6.06. The Kier molecular flexibility index (Phi) is 4.18. The van der Waals surface area contributed by atoms with E-state index in [-0.39, 0.29) is 0 Å². The van der Waals surface area contributed by atoms with E-state index < -0.39 is 17.2 Å². The first kappa shape index (κ1) is 14.5. The molecule has 0 aliphatic heterocycles. The molecule has 110 valence electrons. The van der Waals surface area contributed by atoms with Crippen molar-refractivity contribution in [3.05, 3.63) is 35.9 Å². The second-order valence-electron chi connectivity index (χ2n) is 4.21. The molecular formula is C15H15NO5. The van der Waals surface area contributed by atoms with Crippen molar-refractivity contribution in [2.45, 2.75) is 0 Å². The molecule has 2 aromatic carbocycles. The summed E-state index contributed by atoms with van der Waals surface area (Å²) in [5.41, 5.74) is 1.05. The molecule has 0 heterocycles. The molecule has 0 spiro atoms. The van der Waals surface area contributed by atoms with Gasteiger partial charge in [-0.1, -0.05) is 0 Å². The summed E-state index contributed by atoms with van der Waals surface area (Å²) in [6.45, 7) is 0. The highest BCUT2D eigenvalue weighted by Crippen LogP contribution is 2.35. The molecule has 3 N–H and O–H groups in total. The molecule has 0 fully saturated rings. The average molecular weight is 289 g/mol. The van der Waals surface area contributed by atoms with Crippen molar-refractivity contribution in [2.75, 3.05) is 14.2 Å². The van der Waals surface area contributed by atoms with E-state index >= 15 is 0 Å². The van der Waals surface area contributed by atoms with E-state index in [1.807, 2.05) is 0 Å². The van der Waals surface area contributed by atoms with E-state index in [0.717, 1.165) is 0 Å². The van der Waals surface area contributed by atoms with Gasteiger partial charge in [-0.05, 0) is 24.3 Å². The zero-order valence-electron chi connectivity index (χ0n) is 11.6. The SMILES string of the molecule is COc1ccc(N=Cc2cc(O)c(O)c(O)c2)cc1OC. The Morgan fingerprint density at radius 2 is 1.52 bits per heavy atom. The van der Waals surface area contributed by atoms with Crippen LogP contribution in [0.25, 0.3) is 0 Å². The lowest BCUT2D eigenvalue weighted by molar-refractivity contribution is 0.355. The molecule has 21 heavy (non-hydrogen) atoms. The van der Waals surface area contributed by atoms with Gasteiger partial charge in [0.2, 0.25) is 0 Å². The number of phenolic OH excluding ortho intramolecular Hbond substituents is 3. The smallest absolute Gasteiger partial charge is 0.200 e. The third-order valence-electron chi connectivity index (χ3n) is 2.82. The van der Waals surface area contributed by atoms with Gasteiger partial charge in [0.15, 0.2) is 28.7 Å². The van der Waals surface area contributed by atoms with Crippen LogP contribution in [0.15, 0.2) is 35.3 Å². The molecule has 2 rings (SSSR count). The van der Waals surface area contributed by atoms with Gasteiger partial charge >= 0.3 is 0 Å². The van der Waals surface area contributed by atoms with Crippen molar-refractivity contribution in [1.29, 1.82) is 0 Å². The number of ether oxygens (including phenoxy) is 2. The van der Waals surface area contributed by atoms with Gasteiger partial charge in [0.05, 0.1) is 19.9 Å². The maximum absolute atomic E-state index is 9.42. The zero-order chi connectivity index (χ0) is 15.4. The predicted octanol–water partition coefficient (Wildman–Crippen LogP) is 2.57. The van der Waals surface area contributed by atoms with Crippen LogP contribution in [0.4, 0.5) is 5.69 Å². The highest BCUT2D eigenvalue weighted by atomic mass is 16.5. The average Bonchev–Trinajstić information content (AvgIpc) is 2.50. The molecule has 2 aromatic rings. The Balaban J connectivity index is 2.29. The van der Waals surface area contributed by atoms with Gasteiger partial charge in [0.1, 0.15) is 0 Å². The Labute approximate surface area is 121 Å². The Bertz CT molecular complexity index is 659. The quantitative estimate of drug-likeness (QED) is 0.594. The molecule has 6 nitrogen and oxygen atoms in total. The number of benzene rings is 2. The first-order valence-electron chi connectivity index (χ1n) is 6.06. The number of aromatic hydroxyl groups is 3. The van der Waals surface area contributed by atoms with Gasteiger partial charge in [0, 0.05) is 17.8 Å². The molecule has 0 unspecified atom stereocenters. The summed E-state index contributed by atoms with van der Waals surface area (Å²) < 4.78 is 10.3. The number of aliphatic imine (C=N–C) groups is 1. The van der Waals surface area contributed by atoms with E-state index in [9.17, 15) is 15.3 Å². The summed E-state index contributed by atoms with van der Waals surface area (Å²) in [7, 11) is 3.07. The fourth-order valence-electron chi connectivity index (χ4n) is 1.75. The minimum Gasteiger partial charge on any atom is -0.504 e. The lowest BCUT2D eigenvalue weighted by atomic mass is 10.2. The van der Waals surface area contributed by atoms with E-state index in [1.165, 1.54) is 25.5 Å². The van der Waals surface area contributed by atoms with Crippen molar-refractivity contribution in [3.8, 4) is 28.7 Å². The van der Waals surface area contributed by atoms with E-state index in [2.05, 4.69) is 4.99 Å². The third-order valence-corrected chi connectivity index (χ3v) is 2.82. The second kappa shape index (κ2) is 6.04. The summed E-state index contributed by atoms with van der Waals surface area (Å²) >= 11 is 0. The van der Waals surface area contributed by atoms with Crippen molar-refractivity contribution < 1.29 is 24.8 Å². The number of phenols is 3. The van der Waals surface area contributed by atoms with Crippen molar-refractivity contribution in [1.82, 2.24) is 0 Å². The van der Waals surface area contributed by atoms with E-state index in [0.29, 0.717) is 22.7 Å². The van der Waals surface area contributed by atoms with Crippen molar-refractivity contribution >= 4 is 11.9 Å². The summed E-state index contributed by atoms with van der Waals surface area (Å²) in [5, 5.41) is 28.1. The number of nitrogens with zero attached hydrogens (tertiary/aromatic N) is 1. The van der Waals surface area contributed by atoms with Crippen LogP contribution in [0.3, 0.4) is 0 Å². The largest absolute Gasteiger partial charge is 0.504 e. The maximum atomic E-state index is 9.42. The monoisotopic (exact) mass is 289 g/mol. The van der Waals surface area contributed by atoms with Crippen LogP contribution >= 0.6 is 0 Å². The van der Waals surface area contributed by atoms with Crippen LogP contribution in [0.5, 0.6) is 28.7 Å². The molecule has 0 amide bonds. The number of methoxy groups -OCH3 is 2. The number of rotatable bonds is 4. The summed E-state index contributed by atoms with van der Waals surface area (Å²) in [6, 6.07) is 7.73. The maximum Gasteiger partial charge on any atom is 0.200 e. The molecule has 0 radical (unpaired) electrons. The van der Waals surface area contributed by atoms with Gasteiger partial charge in [-0.25, -0.2) is 0 Å². The van der Waals surface area contributed by atoms with Crippen molar-refractivity contribution in [3.63, 3.8) is 0 Å². The molecule has 0 saturated heterocycles. The highest BCUT2D eigenvalue weighted by molar-refractivity contribution is 5.84. The third kappa shape index (κ3) is 3.17. The standard InChI is InChI=1S/C15H15NO5/c1-20-13-4-3-10(7-14(13)21-2)16-8-9-5-11(17)15(19)12(18)6-9/h3-8,17-19H,1-2H3. The second-order valence-corrected chi connectivity index (χ2v) is 4.21. The van der Waals surface area contributed by atoms with Gasteiger partial charge < -0.3 is 24.8 Å². The summed E-state index contributed by atoms with van der Waals surface area (Å²) in [6.07, 6.45) is 1.44. The topological polar surface area (TPSA) is 91.5 Å². The highest BCUT2D eigenvalue weighted by Gasteiger charge is 2.07.